The third-order valence-electron chi connectivity index (χ3n) is 3.47. The van der Waals surface area contributed by atoms with Crippen LogP contribution in [0, 0.1) is 6.92 Å². The van der Waals surface area contributed by atoms with E-state index in [0.29, 0.717) is 0 Å². The maximum absolute atomic E-state index is 6.27. The molecule has 1 saturated heterocycles. The van der Waals surface area contributed by atoms with Crippen molar-refractivity contribution in [1.82, 2.24) is 9.80 Å². The fourth-order valence-electron chi connectivity index (χ4n) is 2.31. The molecule has 0 radical (unpaired) electrons. The Morgan fingerprint density at radius 2 is 1.78 bits per heavy atom. The Morgan fingerprint density at radius 3 is 2.39 bits per heavy atom. The molecule has 1 aliphatic heterocycles. The third kappa shape index (κ3) is 3.86. The minimum Gasteiger partial charge on any atom is -0.300 e. The van der Waals surface area contributed by atoms with E-state index in [1.54, 1.807) is 0 Å². The van der Waals surface area contributed by atoms with Crippen molar-refractivity contribution >= 4 is 23.2 Å². The maximum atomic E-state index is 6.27. The Morgan fingerprint density at radius 1 is 1.11 bits per heavy atom. The molecule has 0 unspecified atom stereocenters. The fourth-order valence-corrected chi connectivity index (χ4v) is 2.85. The second-order valence-corrected chi connectivity index (χ2v) is 5.69. The molecule has 0 spiro atoms. The zero-order valence-corrected chi connectivity index (χ0v) is 12.3. The van der Waals surface area contributed by atoms with E-state index in [9.17, 15) is 0 Å². The highest BCUT2D eigenvalue weighted by Crippen LogP contribution is 2.19. The van der Waals surface area contributed by atoms with E-state index in [1.807, 2.05) is 6.07 Å². The zero-order chi connectivity index (χ0) is 13.0. The van der Waals surface area contributed by atoms with E-state index < -0.39 is 0 Å². The summed E-state index contributed by atoms with van der Waals surface area (Å²) < 4.78 is 0. The van der Waals surface area contributed by atoms with Crippen LogP contribution in [-0.4, -0.2) is 48.4 Å². The van der Waals surface area contributed by atoms with Gasteiger partial charge in [-0.2, -0.15) is 0 Å². The number of benzene rings is 1. The molecule has 1 heterocycles. The molecule has 18 heavy (non-hydrogen) atoms. The second kappa shape index (κ2) is 6.76. The Hall–Kier alpha value is -0.280. The van der Waals surface area contributed by atoms with Crippen LogP contribution in [0.25, 0.3) is 0 Å². The van der Waals surface area contributed by atoms with Crippen molar-refractivity contribution in [2.24, 2.45) is 0 Å². The predicted octanol–water partition coefficient (Wildman–Crippen LogP) is 3.00. The molecule has 1 aromatic rings. The molecule has 100 valence electrons. The average molecular weight is 287 g/mol. The molecule has 0 atom stereocenters. The molecular weight excluding hydrogens is 267 g/mol. The van der Waals surface area contributed by atoms with Crippen LogP contribution in [0.4, 0.5) is 0 Å². The Balaban J connectivity index is 1.87. The topological polar surface area (TPSA) is 6.48 Å². The lowest BCUT2D eigenvalue weighted by Gasteiger charge is -2.34. The summed E-state index contributed by atoms with van der Waals surface area (Å²) in [6, 6.07) is 6.31. The molecule has 0 saturated carbocycles. The third-order valence-corrected chi connectivity index (χ3v) is 3.99. The molecule has 1 aromatic carbocycles. The molecule has 1 fully saturated rings. The standard InChI is InChI=1S/C14H20Cl2N2/c1-12-2-3-13(14(16)10-12)11-18-8-6-17(5-4-15)7-9-18/h2-3,10H,4-9,11H2,1H3. The smallest absolute Gasteiger partial charge is 0.0453 e. The van der Waals surface area contributed by atoms with Gasteiger partial charge in [-0.1, -0.05) is 23.7 Å². The summed E-state index contributed by atoms with van der Waals surface area (Å²) in [6.45, 7) is 8.43. The van der Waals surface area contributed by atoms with Gasteiger partial charge in [-0.15, -0.1) is 11.6 Å². The van der Waals surface area contributed by atoms with Gasteiger partial charge in [-0.3, -0.25) is 9.80 Å². The minimum absolute atomic E-state index is 0.726. The summed E-state index contributed by atoms with van der Waals surface area (Å²) in [6.07, 6.45) is 0. The average Bonchev–Trinajstić information content (AvgIpc) is 2.35. The summed E-state index contributed by atoms with van der Waals surface area (Å²) in [5, 5.41) is 0.887. The van der Waals surface area contributed by atoms with Gasteiger partial charge in [-0.05, 0) is 24.1 Å². The number of nitrogens with zero attached hydrogens (tertiary/aromatic N) is 2. The van der Waals surface area contributed by atoms with Crippen LogP contribution in [0.15, 0.2) is 18.2 Å². The normalized spacial score (nSPS) is 18.2. The summed E-state index contributed by atoms with van der Waals surface area (Å²) in [5.41, 5.74) is 2.45. The molecular formula is C14H20Cl2N2. The molecule has 0 aliphatic carbocycles. The van der Waals surface area contributed by atoms with Gasteiger partial charge < -0.3 is 0 Å². The zero-order valence-electron chi connectivity index (χ0n) is 10.8. The van der Waals surface area contributed by atoms with Crippen molar-refractivity contribution in [3.63, 3.8) is 0 Å². The van der Waals surface area contributed by atoms with Crippen LogP contribution in [0.1, 0.15) is 11.1 Å². The lowest BCUT2D eigenvalue weighted by molar-refractivity contribution is 0.132. The summed E-state index contributed by atoms with van der Waals surface area (Å²) in [5.74, 6) is 0.726. The lowest BCUT2D eigenvalue weighted by Crippen LogP contribution is -2.46. The van der Waals surface area contributed by atoms with Crippen molar-refractivity contribution < 1.29 is 0 Å². The summed E-state index contributed by atoms with van der Waals surface area (Å²) in [7, 11) is 0. The van der Waals surface area contributed by atoms with Gasteiger partial charge in [0.1, 0.15) is 0 Å². The first-order valence-corrected chi connectivity index (χ1v) is 7.36. The fraction of sp³-hybridized carbons (Fsp3) is 0.571. The van der Waals surface area contributed by atoms with E-state index >= 15 is 0 Å². The van der Waals surface area contributed by atoms with Gasteiger partial charge in [-0.25, -0.2) is 0 Å². The number of rotatable bonds is 4. The maximum Gasteiger partial charge on any atom is 0.0453 e. The van der Waals surface area contributed by atoms with Crippen LogP contribution in [0.3, 0.4) is 0 Å². The van der Waals surface area contributed by atoms with Gasteiger partial charge in [0, 0.05) is 50.2 Å². The van der Waals surface area contributed by atoms with Gasteiger partial charge in [0.05, 0.1) is 0 Å². The SMILES string of the molecule is Cc1ccc(CN2CCN(CCCl)CC2)c(Cl)c1. The van der Waals surface area contributed by atoms with Gasteiger partial charge >= 0.3 is 0 Å². The molecule has 2 rings (SSSR count). The highest BCUT2D eigenvalue weighted by molar-refractivity contribution is 6.31. The lowest BCUT2D eigenvalue weighted by atomic mass is 10.1. The van der Waals surface area contributed by atoms with E-state index in [1.165, 1.54) is 11.1 Å². The highest BCUT2D eigenvalue weighted by atomic mass is 35.5. The van der Waals surface area contributed by atoms with E-state index in [4.69, 9.17) is 23.2 Å². The van der Waals surface area contributed by atoms with Crippen LogP contribution < -0.4 is 0 Å². The number of piperazine rings is 1. The molecule has 0 bridgehead atoms. The molecule has 0 N–H and O–H groups in total. The molecule has 0 aromatic heterocycles. The summed E-state index contributed by atoms with van der Waals surface area (Å²) >= 11 is 12.0. The van der Waals surface area contributed by atoms with Crippen LogP contribution in [0.5, 0.6) is 0 Å². The van der Waals surface area contributed by atoms with Crippen molar-refractivity contribution in [3.8, 4) is 0 Å². The van der Waals surface area contributed by atoms with Crippen molar-refractivity contribution in [2.45, 2.75) is 13.5 Å². The number of alkyl halides is 1. The Bertz CT molecular complexity index is 387. The Kier molecular flexibility index (Phi) is 5.31. The number of hydrogen-bond donors (Lipinski definition) is 0. The first-order valence-electron chi connectivity index (χ1n) is 6.45. The number of hydrogen-bond acceptors (Lipinski definition) is 2. The van der Waals surface area contributed by atoms with Crippen molar-refractivity contribution in [3.05, 3.63) is 34.3 Å². The molecule has 0 amide bonds. The quantitative estimate of drug-likeness (QED) is 0.785. The minimum atomic E-state index is 0.726. The van der Waals surface area contributed by atoms with Crippen molar-refractivity contribution in [1.29, 1.82) is 0 Å². The largest absolute Gasteiger partial charge is 0.300 e. The molecule has 4 heteroatoms. The van der Waals surface area contributed by atoms with Crippen LogP contribution in [0.2, 0.25) is 5.02 Å². The first-order chi connectivity index (χ1) is 8.69. The van der Waals surface area contributed by atoms with E-state index in [-0.39, 0.29) is 0 Å². The molecule has 2 nitrogen and oxygen atoms in total. The van der Waals surface area contributed by atoms with Gasteiger partial charge in [0.2, 0.25) is 0 Å². The Labute approximate surface area is 119 Å². The van der Waals surface area contributed by atoms with Crippen molar-refractivity contribution in [2.75, 3.05) is 38.6 Å². The van der Waals surface area contributed by atoms with Crippen LogP contribution in [-0.2, 0) is 6.54 Å². The number of aryl methyl sites for hydroxylation is 1. The van der Waals surface area contributed by atoms with E-state index in [2.05, 4.69) is 28.9 Å². The highest BCUT2D eigenvalue weighted by Gasteiger charge is 2.17. The first kappa shape index (κ1) is 14.1. The summed E-state index contributed by atoms with van der Waals surface area (Å²) in [4.78, 5) is 4.88. The second-order valence-electron chi connectivity index (χ2n) is 4.90. The predicted molar refractivity (Wildman–Crippen MR) is 78.6 cm³/mol. The van der Waals surface area contributed by atoms with Crippen LogP contribution >= 0.6 is 23.2 Å². The monoisotopic (exact) mass is 286 g/mol. The van der Waals surface area contributed by atoms with Gasteiger partial charge in [0.25, 0.3) is 0 Å². The van der Waals surface area contributed by atoms with Gasteiger partial charge in [0.15, 0.2) is 0 Å². The number of halogens is 2. The molecule has 1 aliphatic rings. The van der Waals surface area contributed by atoms with E-state index in [0.717, 1.165) is 50.2 Å².